The molecule has 1 fully saturated rings. The van der Waals surface area contributed by atoms with Gasteiger partial charge in [0.05, 0.1) is 18.6 Å². The van der Waals surface area contributed by atoms with E-state index in [0.717, 1.165) is 30.6 Å². The average Bonchev–Trinajstić information content (AvgIpc) is 2.89. The van der Waals surface area contributed by atoms with Crippen LogP contribution in [0.25, 0.3) is 0 Å². The summed E-state index contributed by atoms with van der Waals surface area (Å²) >= 11 is 0. The van der Waals surface area contributed by atoms with Crippen molar-refractivity contribution in [3.05, 3.63) is 41.0 Å². The number of aromatic nitrogens is 2. The van der Waals surface area contributed by atoms with Crippen LogP contribution < -0.4 is 10.5 Å². The van der Waals surface area contributed by atoms with E-state index in [2.05, 4.69) is 29.2 Å². The Morgan fingerprint density at radius 1 is 1.32 bits per heavy atom. The average molecular weight is 324 g/mol. The number of rotatable bonds is 5. The lowest BCUT2D eigenvalue weighted by atomic mass is 9.77. The molecular weight excluding hydrogens is 302 g/mol. The third-order valence-corrected chi connectivity index (χ3v) is 4.08. The molecule has 1 aromatic carbocycles. The number of nitrogens with zero attached hydrogens (tertiary/aromatic N) is 2. The molecule has 1 heterocycles. The van der Waals surface area contributed by atoms with Crippen molar-refractivity contribution in [2.45, 2.75) is 45.1 Å². The van der Waals surface area contributed by atoms with Crippen LogP contribution in [0.4, 0.5) is 0 Å². The highest BCUT2D eigenvalue weighted by Gasteiger charge is 2.38. The fourth-order valence-corrected chi connectivity index (χ4v) is 2.45. The van der Waals surface area contributed by atoms with Gasteiger partial charge in [-0.2, -0.15) is 4.98 Å². The molecule has 1 saturated carbocycles. The summed E-state index contributed by atoms with van der Waals surface area (Å²) in [4.78, 5) is 4.39. The van der Waals surface area contributed by atoms with E-state index in [4.69, 9.17) is 15.0 Å². The lowest BCUT2D eigenvalue weighted by molar-refractivity contribution is 0.228. The highest BCUT2D eigenvalue weighted by Crippen LogP contribution is 2.36. The van der Waals surface area contributed by atoms with Crippen molar-refractivity contribution in [1.29, 1.82) is 0 Å². The van der Waals surface area contributed by atoms with Crippen molar-refractivity contribution in [2.75, 3.05) is 6.61 Å². The fourth-order valence-electron chi connectivity index (χ4n) is 2.45. The third-order valence-electron chi connectivity index (χ3n) is 4.08. The van der Waals surface area contributed by atoms with Crippen LogP contribution in [-0.4, -0.2) is 16.7 Å². The van der Waals surface area contributed by atoms with E-state index in [1.54, 1.807) is 0 Å². The van der Waals surface area contributed by atoms with Gasteiger partial charge in [0.2, 0.25) is 5.89 Å². The normalized spacial score (nSPS) is 15.8. The van der Waals surface area contributed by atoms with Crippen LogP contribution in [0, 0.1) is 13.8 Å². The standard InChI is InChI=1S/C16H21N3O2.ClH/c1-11-4-5-12(2)13(10-11)20-9-6-14-18-15(19-21-14)16(17)7-3-8-16;/h4-5,10H,3,6-9,17H2,1-2H3;1H. The Morgan fingerprint density at radius 2 is 2.09 bits per heavy atom. The minimum atomic E-state index is -0.365. The highest BCUT2D eigenvalue weighted by atomic mass is 35.5. The first-order valence-electron chi connectivity index (χ1n) is 7.39. The van der Waals surface area contributed by atoms with Crippen LogP contribution >= 0.6 is 12.4 Å². The minimum Gasteiger partial charge on any atom is -0.493 e. The van der Waals surface area contributed by atoms with Crippen LogP contribution in [0.5, 0.6) is 5.75 Å². The molecule has 1 aliphatic carbocycles. The zero-order chi connectivity index (χ0) is 14.9. The molecule has 2 aromatic rings. The van der Waals surface area contributed by atoms with Gasteiger partial charge in [-0.25, -0.2) is 0 Å². The number of halogens is 1. The highest BCUT2D eigenvalue weighted by molar-refractivity contribution is 5.85. The van der Waals surface area contributed by atoms with Crippen molar-refractivity contribution in [1.82, 2.24) is 10.1 Å². The molecule has 6 heteroatoms. The lowest BCUT2D eigenvalue weighted by Gasteiger charge is -2.34. The largest absolute Gasteiger partial charge is 0.493 e. The maximum Gasteiger partial charge on any atom is 0.230 e. The Hall–Kier alpha value is -1.59. The number of hydrogen-bond acceptors (Lipinski definition) is 5. The van der Waals surface area contributed by atoms with Gasteiger partial charge in [-0.1, -0.05) is 17.3 Å². The van der Waals surface area contributed by atoms with E-state index in [0.29, 0.717) is 24.7 Å². The molecule has 120 valence electrons. The summed E-state index contributed by atoms with van der Waals surface area (Å²) in [6.45, 7) is 4.60. The quantitative estimate of drug-likeness (QED) is 0.915. The van der Waals surface area contributed by atoms with E-state index in [9.17, 15) is 0 Å². The predicted molar refractivity (Wildman–Crippen MR) is 86.4 cm³/mol. The Morgan fingerprint density at radius 3 is 2.77 bits per heavy atom. The van der Waals surface area contributed by atoms with E-state index in [1.165, 1.54) is 5.56 Å². The van der Waals surface area contributed by atoms with E-state index in [1.807, 2.05) is 13.0 Å². The Kier molecular flexibility index (Phi) is 5.08. The summed E-state index contributed by atoms with van der Waals surface area (Å²) in [6, 6.07) is 6.17. The van der Waals surface area contributed by atoms with Gasteiger partial charge in [-0.05, 0) is 50.3 Å². The number of hydrogen-bond donors (Lipinski definition) is 1. The molecule has 1 aliphatic rings. The number of aryl methyl sites for hydroxylation is 2. The zero-order valence-electron chi connectivity index (χ0n) is 13.0. The topological polar surface area (TPSA) is 74.2 Å². The maximum atomic E-state index is 6.18. The van der Waals surface area contributed by atoms with Crippen molar-refractivity contribution in [3.63, 3.8) is 0 Å². The number of ether oxygens (including phenoxy) is 1. The van der Waals surface area contributed by atoms with Crippen LogP contribution in [0.15, 0.2) is 22.7 Å². The van der Waals surface area contributed by atoms with E-state index < -0.39 is 0 Å². The smallest absolute Gasteiger partial charge is 0.230 e. The molecule has 1 aromatic heterocycles. The first-order valence-corrected chi connectivity index (χ1v) is 7.39. The molecule has 0 atom stereocenters. The summed E-state index contributed by atoms with van der Waals surface area (Å²) in [5, 5.41) is 4.00. The van der Waals surface area contributed by atoms with Gasteiger partial charge in [-0.3, -0.25) is 0 Å². The lowest BCUT2D eigenvalue weighted by Crippen LogP contribution is -2.44. The van der Waals surface area contributed by atoms with Crippen molar-refractivity contribution in [3.8, 4) is 5.75 Å². The Balaban J connectivity index is 0.00000176. The van der Waals surface area contributed by atoms with Gasteiger partial charge in [0.25, 0.3) is 0 Å². The van der Waals surface area contributed by atoms with Crippen LogP contribution in [-0.2, 0) is 12.0 Å². The Bertz CT molecular complexity index is 638. The molecule has 0 aliphatic heterocycles. The molecule has 0 amide bonds. The van der Waals surface area contributed by atoms with Gasteiger partial charge >= 0.3 is 0 Å². The second kappa shape index (κ2) is 6.67. The molecule has 0 saturated heterocycles. The monoisotopic (exact) mass is 323 g/mol. The summed E-state index contributed by atoms with van der Waals surface area (Å²) in [5.41, 5.74) is 8.12. The van der Waals surface area contributed by atoms with Crippen LogP contribution in [0.1, 0.15) is 42.1 Å². The summed E-state index contributed by atoms with van der Waals surface area (Å²) in [7, 11) is 0. The van der Waals surface area contributed by atoms with Gasteiger partial charge in [0.1, 0.15) is 5.75 Å². The maximum absolute atomic E-state index is 6.18. The van der Waals surface area contributed by atoms with Crippen molar-refractivity contribution < 1.29 is 9.26 Å². The molecule has 2 N–H and O–H groups in total. The SMILES string of the molecule is Cc1ccc(C)c(OCCc2nc(C3(N)CCC3)no2)c1.Cl. The molecule has 0 spiro atoms. The van der Waals surface area contributed by atoms with Crippen LogP contribution in [0.2, 0.25) is 0 Å². The van der Waals surface area contributed by atoms with Crippen LogP contribution in [0.3, 0.4) is 0 Å². The molecule has 5 nitrogen and oxygen atoms in total. The summed E-state index contributed by atoms with van der Waals surface area (Å²) in [5.74, 6) is 2.13. The first-order chi connectivity index (χ1) is 10.1. The van der Waals surface area contributed by atoms with Gasteiger partial charge in [0, 0.05) is 0 Å². The molecule has 3 rings (SSSR count). The Labute approximate surface area is 136 Å². The second-order valence-corrected chi connectivity index (χ2v) is 5.89. The summed E-state index contributed by atoms with van der Waals surface area (Å²) < 4.78 is 11.1. The number of benzene rings is 1. The zero-order valence-corrected chi connectivity index (χ0v) is 13.8. The fraction of sp³-hybridized carbons (Fsp3) is 0.500. The molecular formula is C16H22ClN3O2. The van der Waals surface area contributed by atoms with E-state index in [-0.39, 0.29) is 17.9 Å². The third kappa shape index (κ3) is 3.42. The summed E-state index contributed by atoms with van der Waals surface area (Å²) in [6.07, 6.45) is 3.60. The van der Waals surface area contributed by atoms with Crippen molar-refractivity contribution >= 4 is 12.4 Å². The number of nitrogens with two attached hydrogens (primary N) is 1. The minimum absolute atomic E-state index is 0. The first kappa shape index (κ1) is 16.8. The molecule has 0 unspecified atom stereocenters. The molecule has 0 radical (unpaired) electrons. The van der Waals surface area contributed by atoms with E-state index >= 15 is 0 Å². The van der Waals surface area contributed by atoms with Gasteiger partial charge in [-0.15, -0.1) is 12.4 Å². The second-order valence-electron chi connectivity index (χ2n) is 5.89. The molecule has 0 bridgehead atoms. The predicted octanol–water partition coefficient (Wildman–Crippen LogP) is 3.07. The molecule has 22 heavy (non-hydrogen) atoms. The van der Waals surface area contributed by atoms with Crippen molar-refractivity contribution in [2.24, 2.45) is 5.73 Å². The van der Waals surface area contributed by atoms with Gasteiger partial charge < -0.3 is 15.0 Å². The van der Waals surface area contributed by atoms with Gasteiger partial charge in [0.15, 0.2) is 5.82 Å².